The third-order valence-electron chi connectivity index (χ3n) is 4.31. The van der Waals surface area contributed by atoms with E-state index in [1.807, 2.05) is 0 Å². The molecular formula is C22H11Cl2FN2O5. The monoisotopic (exact) mass is 472 g/mol. The Bertz CT molecular complexity index is 1310. The molecule has 10 heteroatoms. The molecule has 0 bridgehead atoms. The van der Waals surface area contributed by atoms with Gasteiger partial charge in [-0.1, -0.05) is 29.3 Å². The highest BCUT2D eigenvalue weighted by Crippen LogP contribution is 2.33. The van der Waals surface area contributed by atoms with Crippen LogP contribution in [0.5, 0.6) is 11.5 Å². The minimum Gasteiger partial charge on any atom is -0.450 e. The molecule has 0 fully saturated rings. The Hall–Kier alpha value is -3.75. The molecule has 0 spiro atoms. The van der Waals surface area contributed by atoms with Crippen molar-refractivity contribution in [2.75, 3.05) is 0 Å². The first-order valence-corrected chi connectivity index (χ1v) is 9.75. The Balaban J connectivity index is 1.65. The number of benzene rings is 3. The van der Waals surface area contributed by atoms with Gasteiger partial charge in [-0.25, -0.2) is 14.2 Å². The van der Waals surface area contributed by atoms with Crippen LogP contribution in [0.4, 0.5) is 10.1 Å². The number of ether oxygens (including phenoxy) is 2. The molecule has 0 radical (unpaired) electrons. The standard InChI is InChI=1S/C22H11Cl2FN2O5/c23-13-2-7-16(17(24)11-13)21-26-18(22(28)32-21)9-12-1-8-20(19(10-12)27(29)30)31-15-5-3-14(25)4-6-15/h1-11H. The van der Waals surface area contributed by atoms with Gasteiger partial charge in [0.25, 0.3) is 0 Å². The molecule has 0 N–H and O–H groups in total. The van der Waals surface area contributed by atoms with Crippen LogP contribution in [0.1, 0.15) is 11.1 Å². The molecular weight excluding hydrogens is 462 g/mol. The number of nitrogens with zero attached hydrogens (tertiary/aromatic N) is 2. The van der Waals surface area contributed by atoms with Crippen molar-refractivity contribution in [3.8, 4) is 11.5 Å². The van der Waals surface area contributed by atoms with E-state index in [0.29, 0.717) is 16.1 Å². The van der Waals surface area contributed by atoms with Gasteiger partial charge in [-0.05, 0) is 60.2 Å². The Morgan fingerprint density at radius 2 is 1.81 bits per heavy atom. The van der Waals surface area contributed by atoms with Crippen LogP contribution in [0.2, 0.25) is 10.0 Å². The maximum atomic E-state index is 13.1. The van der Waals surface area contributed by atoms with Crippen LogP contribution < -0.4 is 4.74 Å². The van der Waals surface area contributed by atoms with E-state index in [1.54, 1.807) is 12.1 Å². The van der Waals surface area contributed by atoms with Crippen molar-refractivity contribution in [3.63, 3.8) is 0 Å². The molecule has 0 aromatic heterocycles. The fraction of sp³-hybridized carbons (Fsp3) is 0. The summed E-state index contributed by atoms with van der Waals surface area (Å²) in [6, 6.07) is 13.8. The van der Waals surface area contributed by atoms with Crippen molar-refractivity contribution in [1.29, 1.82) is 0 Å². The Kier molecular flexibility index (Phi) is 5.89. The van der Waals surface area contributed by atoms with Crippen LogP contribution in [0, 0.1) is 15.9 Å². The molecule has 0 amide bonds. The van der Waals surface area contributed by atoms with Gasteiger partial charge in [-0.2, -0.15) is 0 Å². The average molecular weight is 473 g/mol. The van der Waals surface area contributed by atoms with Crippen LogP contribution in [0.15, 0.2) is 71.4 Å². The number of rotatable bonds is 5. The Morgan fingerprint density at radius 1 is 1.06 bits per heavy atom. The summed E-state index contributed by atoms with van der Waals surface area (Å²) in [7, 11) is 0. The smallest absolute Gasteiger partial charge is 0.363 e. The van der Waals surface area contributed by atoms with Crippen LogP contribution in [0.3, 0.4) is 0 Å². The normalized spacial score (nSPS) is 14.3. The average Bonchev–Trinajstić information content (AvgIpc) is 3.10. The Morgan fingerprint density at radius 3 is 2.50 bits per heavy atom. The molecule has 7 nitrogen and oxygen atoms in total. The molecule has 4 rings (SSSR count). The number of hydrogen-bond acceptors (Lipinski definition) is 6. The molecule has 3 aromatic carbocycles. The molecule has 0 aliphatic carbocycles. The third kappa shape index (κ3) is 4.61. The lowest BCUT2D eigenvalue weighted by Crippen LogP contribution is -2.05. The molecule has 32 heavy (non-hydrogen) atoms. The summed E-state index contributed by atoms with van der Waals surface area (Å²) in [6.07, 6.45) is 1.34. The SMILES string of the molecule is O=C1OC(c2ccc(Cl)cc2Cl)=NC1=Cc1ccc(Oc2ccc(F)cc2)c([N+](=O)[O-])c1. The van der Waals surface area contributed by atoms with E-state index in [0.717, 1.165) is 0 Å². The number of halogens is 3. The number of nitro benzene ring substituents is 1. The summed E-state index contributed by atoms with van der Waals surface area (Å²) in [5, 5.41) is 12.2. The Labute approximate surface area is 190 Å². The van der Waals surface area contributed by atoms with Gasteiger partial charge in [-0.15, -0.1) is 0 Å². The summed E-state index contributed by atoms with van der Waals surface area (Å²) in [6.45, 7) is 0. The number of aliphatic imine (C=N–C) groups is 1. The number of nitro groups is 1. The zero-order valence-electron chi connectivity index (χ0n) is 15.9. The second kappa shape index (κ2) is 8.78. The van der Waals surface area contributed by atoms with Crippen molar-refractivity contribution >= 4 is 46.8 Å². The van der Waals surface area contributed by atoms with Gasteiger partial charge in [0.2, 0.25) is 11.6 Å². The quantitative estimate of drug-likeness (QED) is 0.191. The highest BCUT2D eigenvalue weighted by Gasteiger charge is 2.26. The maximum Gasteiger partial charge on any atom is 0.363 e. The van der Waals surface area contributed by atoms with Gasteiger partial charge in [-0.3, -0.25) is 10.1 Å². The molecule has 160 valence electrons. The number of carbonyl (C=O) groups is 1. The second-order valence-corrected chi connectivity index (χ2v) is 7.34. The third-order valence-corrected chi connectivity index (χ3v) is 4.85. The predicted molar refractivity (Wildman–Crippen MR) is 117 cm³/mol. The van der Waals surface area contributed by atoms with Gasteiger partial charge in [0.1, 0.15) is 11.6 Å². The van der Waals surface area contributed by atoms with Gasteiger partial charge in [0.05, 0.1) is 15.5 Å². The lowest BCUT2D eigenvalue weighted by molar-refractivity contribution is -0.385. The molecule has 0 unspecified atom stereocenters. The summed E-state index contributed by atoms with van der Waals surface area (Å²) < 4.78 is 23.7. The highest BCUT2D eigenvalue weighted by molar-refractivity contribution is 6.37. The van der Waals surface area contributed by atoms with Crippen molar-refractivity contribution in [1.82, 2.24) is 0 Å². The van der Waals surface area contributed by atoms with Crippen molar-refractivity contribution in [2.45, 2.75) is 0 Å². The fourth-order valence-electron chi connectivity index (χ4n) is 2.83. The maximum absolute atomic E-state index is 13.1. The molecule has 1 aliphatic rings. The zero-order valence-corrected chi connectivity index (χ0v) is 17.4. The fourth-order valence-corrected chi connectivity index (χ4v) is 3.32. The summed E-state index contributed by atoms with van der Waals surface area (Å²) >= 11 is 12.0. The summed E-state index contributed by atoms with van der Waals surface area (Å²) in [4.78, 5) is 27.3. The van der Waals surface area contributed by atoms with Gasteiger partial charge in [0.15, 0.2) is 5.70 Å². The van der Waals surface area contributed by atoms with Crippen molar-refractivity contribution in [3.05, 3.63) is 103 Å². The number of esters is 1. The van der Waals surface area contributed by atoms with E-state index < -0.39 is 16.7 Å². The zero-order chi connectivity index (χ0) is 22.8. The number of hydrogen-bond donors (Lipinski definition) is 0. The molecule has 0 saturated carbocycles. The first kappa shape index (κ1) is 21.5. The number of cyclic esters (lactones) is 1. The van der Waals surface area contributed by atoms with Crippen molar-refractivity contribution in [2.24, 2.45) is 4.99 Å². The lowest BCUT2D eigenvalue weighted by Gasteiger charge is -2.07. The van der Waals surface area contributed by atoms with E-state index in [2.05, 4.69) is 4.99 Å². The van der Waals surface area contributed by atoms with Crippen LogP contribution in [-0.4, -0.2) is 16.8 Å². The molecule has 0 saturated heterocycles. The first-order valence-electron chi connectivity index (χ1n) is 9.00. The molecule has 1 heterocycles. The van der Waals surface area contributed by atoms with Crippen molar-refractivity contribution < 1.29 is 23.6 Å². The van der Waals surface area contributed by atoms with E-state index in [4.69, 9.17) is 32.7 Å². The largest absolute Gasteiger partial charge is 0.450 e. The first-order chi connectivity index (χ1) is 15.3. The number of carbonyl (C=O) groups excluding carboxylic acids is 1. The van der Waals surface area contributed by atoms with Crippen LogP contribution in [0.25, 0.3) is 6.08 Å². The van der Waals surface area contributed by atoms with E-state index in [9.17, 15) is 19.3 Å². The topological polar surface area (TPSA) is 91.0 Å². The van der Waals surface area contributed by atoms with Gasteiger partial charge in [0, 0.05) is 11.1 Å². The van der Waals surface area contributed by atoms with Gasteiger partial charge < -0.3 is 9.47 Å². The predicted octanol–water partition coefficient (Wildman–Crippen LogP) is 6.18. The molecule has 3 aromatic rings. The van der Waals surface area contributed by atoms with E-state index >= 15 is 0 Å². The van der Waals surface area contributed by atoms with Gasteiger partial charge >= 0.3 is 11.7 Å². The molecule has 1 aliphatic heterocycles. The summed E-state index contributed by atoms with van der Waals surface area (Å²) in [5.74, 6) is -1.02. The second-order valence-electron chi connectivity index (χ2n) is 6.50. The minimum atomic E-state index is -0.736. The lowest BCUT2D eigenvalue weighted by atomic mass is 10.1. The van der Waals surface area contributed by atoms with Crippen LogP contribution >= 0.6 is 23.2 Å². The van der Waals surface area contributed by atoms with Crippen LogP contribution in [-0.2, 0) is 9.53 Å². The van der Waals surface area contributed by atoms with E-state index in [1.165, 1.54) is 54.6 Å². The highest BCUT2D eigenvalue weighted by atomic mass is 35.5. The molecule has 0 atom stereocenters. The minimum absolute atomic E-state index is 0.00585. The summed E-state index contributed by atoms with van der Waals surface area (Å²) in [5.41, 5.74) is 0.289. The van der Waals surface area contributed by atoms with E-state index in [-0.39, 0.29) is 33.8 Å².